The van der Waals surface area contributed by atoms with Crippen molar-refractivity contribution in [2.45, 2.75) is 0 Å². The lowest BCUT2D eigenvalue weighted by atomic mass is 9.97. The Labute approximate surface area is 360 Å². The zero-order chi connectivity index (χ0) is 41.0. The highest BCUT2D eigenvalue weighted by molar-refractivity contribution is 6.17. The first-order valence-corrected chi connectivity index (χ1v) is 21.3. The van der Waals surface area contributed by atoms with Crippen LogP contribution in [0.5, 0.6) is 0 Å². The third-order valence-electron chi connectivity index (χ3n) is 12.6. The predicted molar refractivity (Wildman–Crippen MR) is 262 cm³/mol. The molecule has 0 radical (unpaired) electrons. The number of para-hydroxylation sites is 1. The number of hydrogen-bond donors (Lipinski definition) is 0. The third-order valence-corrected chi connectivity index (χ3v) is 12.6. The Kier molecular flexibility index (Phi) is 8.53. The standard InChI is InChI=1S/C60H40N2/c1-4-13-41(14-5-1)43-23-25-44(26-24-43)46-29-33-50(34-30-46)61-56-21-11-10-19-53(56)54-39-48(31-37-57(54)61)49-32-38-58-55(40-49)60-52(47-17-8-3-9-18-47)20-12-22-59(60)62(58)51-35-27-45(28-36-51)42-15-6-2-7-16-42/h1-40H. The van der Waals surface area contributed by atoms with Gasteiger partial charge in [-0.15, -0.1) is 0 Å². The summed E-state index contributed by atoms with van der Waals surface area (Å²) >= 11 is 0. The van der Waals surface area contributed by atoms with Gasteiger partial charge in [-0.05, 0) is 116 Å². The lowest BCUT2D eigenvalue weighted by Crippen LogP contribution is -1.94. The summed E-state index contributed by atoms with van der Waals surface area (Å²) in [6, 6.07) is 88.3. The van der Waals surface area contributed by atoms with E-state index in [1.807, 2.05) is 0 Å². The molecule has 0 saturated heterocycles. The van der Waals surface area contributed by atoms with Crippen molar-refractivity contribution in [1.29, 1.82) is 0 Å². The zero-order valence-corrected chi connectivity index (χ0v) is 34.0. The molecule has 290 valence electrons. The second-order valence-corrected chi connectivity index (χ2v) is 16.1. The molecule has 0 aliphatic heterocycles. The lowest BCUT2D eigenvalue weighted by molar-refractivity contribution is 1.18. The Morgan fingerprint density at radius 2 is 0.581 bits per heavy atom. The van der Waals surface area contributed by atoms with E-state index in [-0.39, 0.29) is 0 Å². The van der Waals surface area contributed by atoms with E-state index in [9.17, 15) is 0 Å². The molecule has 2 heteroatoms. The quantitative estimate of drug-likeness (QED) is 0.152. The van der Waals surface area contributed by atoms with Crippen LogP contribution in [0.25, 0.3) is 111 Å². The van der Waals surface area contributed by atoms with Gasteiger partial charge in [0.15, 0.2) is 0 Å². The Morgan fingerprint density at radius 1 is 0.210 bits per heavy atom. The minimum Gasteiger partial charge on any atom is -0.309 e. The molecule has 0 unspecified atom stereocenters. The van der Waals surface area contributed by atoms with Gasteiger partial charge < -0.3 is 9.13 Å². The van der Waals surface area contributed by atoms with E-state index in [0.717, 1.165) is 11.4 Å². The smallest absolute Gasteiger partial charge is 0.0547 e. The highest BCUT2D eigenvalue weighted by Gasteiger charge is 2.19. The fourth-order valence-electron chi connectivity index (χ4n) is 9.54. The Bertz CT molecular complexity index is 3560. The largest absolute Gasteiger partial charge is 0.309 e. The van der Waals surface area contributed by atoms with Crippen molar-refractivity contribution in [1.82, 2.24) is 9.13 Å². The van der Waals surface area contributed by atoms with E-state index in [2.05, 4.69) is 252 Å². The second kappa shape index (κ2) is 14.8. The number of rotatable bonds is 7. The summed E-state index contributed by atoms with van der Waals surface area (Å²) in [5.74, 6) is 0. The van der Waals surface area contributed by atoms with Crippen molar-refractivity contribution in [3.8, 4) is 67.0 Å². The molecule has 2 nitrogen and oxygen atoms in total. The van der Waals surface area contributed by atoms with Crippen LogP contribution in [0.2, 0.25) is 0 Å². The summed E-state index contributed by atoms with van der Waals surface area (Å²) in [4.78, 5) is 0. The Morgan fingerprint density at radius 3 is 1.13 bits per heavy atom. The molecule has 62 heavy (non-hydrogen) atoms. The molecule has 0 fully saturated rings. The van der Waals surface area contributed by atoms with Gasteiger partial charge in [0.2, 0.25) is 0 Å². The fourth-order valence-corrected chi connectivity index (χ4v) is 9.54. The topological polar surface area (TPSA) is 9.86 Å². The van der Waals surface area contributed by atoms with Crippen LogP contribution in [0.15, 0.2) is 243 Å². The molecule has 0 aliphatic rings. The van der Waals surface area contributed by atoms with Crippen LogP contribution in [-0.2, 0) is 0 Å². The average molecular weight is 789 g/mol. The predicted octanol–water partition coefficient (Wildman–Crippen LogP) is 16.2. The summed E-state index contributed by atoms with van der Waals surface area (Å²) in [6.45, 7) is 0. The van der Waals surface area contributed by atoms with Gasteiger partial charge in [0.1, 0.15) is 0 Å². The van der Waals surface area contributed by atoms with E-state index in [4.69, 9.17) is 0 Å². The number of benzene rings is 10. The molecule has 0 bridgehead atoms. The summed E-state index contributed by atoms with van der Waals surface area (Å²) < 4.78 is 4.83. The van der Waals surface area contributed by atoms with Crippen molar-refractivity contribution < 1.29 is 0 Å². The summed E-state index contributed by atoms with van der Waals surface area (Å²) in [6.07, 6.45) is 0. The van der Waals surface area contributed by atoms with Crippen LogP contribution in [-0.4, -0.2) is 9.13 Å². The van der Waals surface area contributed by atoms with Gasteiger partial charge >= 0.3 is 0 Å². The summed E-state index contributed by atoms with van der Waals surface area (Å²) in [5, 5.41) is 4.98. The molecule has 0 N–H and O–H groups in total. The SMILES string of the molecule is c1ccc(-c2ccc(-c3ccc(-n4c5ccccc5c5cc(-c6ccc7c(c6)c6c(-c8ccccc8)cccc6n7-c6ccc(-c7ccccc7)cc6)ccc54)cc3)cc2)cc1. The molecule has 12 aromatic rings. The van der Waals surface area contributed by atoms with Crippen molar-refractivity contribution in [3.63, 3.8) is 0 Å². The minimum atomic E-state index is 1.14. The second-order valence-electron chi connectivity index (χ2n) is 16.1. The van der Waals surface area contributed by atoms with Gasteiger partial charge in [0.25, 0.3) is 0 Å². The number of hydrogen-bond acceptors (Lipinski definition) is 0. The minimum absolute atomic E-state index is 1.14. The van der Waals surface area contributed by atoms with Gasteiger partial charge in [0, 0.05) is 32.9 Å². The average Bonchev–Trinajstić information content (AvgIpc) is 3.87. The van der Waals surface area contributed by atoms with Gasteiger partial charge in [-0.1, -0.05) is 182 Å². The van der Waals surface area contributed by atoms with Crippen molar-refractivity contribution >= 4 is 43.6 Å². The van der Waals surface area contributed by atoms with Crippen LogP contribution in [0.4, 0.5) is 0 Å². The van der Waals surface area contributed by atoms with E-state index in [0.29, 0.717) is 0 Å². The molecule has 2 aromatic heterocycles. The van der Waals surface area contributed by atoms with Gasteiger partial charge in [0.05, 0.1) is 22.1 Å². The molecule has 0 atom stereocenters. The summed E-state index contributed by atoms with van der Waals surface area (Å²) in [5.41, 5.74) is 19.2. The van der Waals surface area contributed by atoms with Crippen LogP contribution in [0, 0.1) is 0 Å². The van der Waals surface area contributed by atoms with E-state index < -0.39 is 0 Å². The first-order valence-electron chi connectivity index (χ1n) is 21.3. The van der Waals surface area contributed by atoms with Gasteiger partial charge in [-0.25, -0.2) is 0 Å². The highest BCUT2D eigenvalue weighted by atomic mass is 15.0. The maximum atomic E-state index is 2.43. The summed E-state index contributed by atoms with van der Waals surface area (Å²) in [7, 11) is 0. The zero-order valence-electron chi connectivity index (χ0n) is 34.0. The molecule has 0 amide bonds. The Hall–Kier alpha value is -8.20. The molecule has 10 aromatic carbocycles. The Balaban J connectivity index is 0.962. The fraction of sp³-hybridized carbons (Fsp3) is 0. The molecule has 0 spiro atoms. The monoisotopic (exact) mass is 788 g/mol. The van der Waals surface area contributed by atoms with Crippen LogP contribution < -0.4 is 0 Å². The van der Waals surface area contributed by atoms with Gasteiger partial charge in [-0.3, -0.25) is 0 Å². The maximum absolute atomic E-state index is 2.43. The normalized spacial score (nSPS) is 11.5. The first kappa shape index (κ1) is 35.7. The lowest BCUT2D eigenvalue weighted by Gasteiger charge is -2.11. The maximum Gasteiger partial charge on any atom is 0.0547 e. The molecule has 12 rings (SSSR count). The van der Waals surface area contributed by atoms with Crippen LogP contribution in [0.3, 0.4) is 0 Å². The first-order chi connectivity index (χ1) is 30.7. The van der Waals surface area contributed by atoms with Gasteiger partial charge in [-0.2, -0.15) is 0 Å². The number of aromatic nitrogens is 2. The van der Waals surface area contributed by atoms with Crippen molar-refractivity contribution in [2.75, 3.05) is 0 Å². The third kappa shape index (κ3) is 6.04. The van der Waals surface area contributed by atoms with E-state index in [1.54, 1.807) is 0 Å². The molecular weight excluding hydrogens is 749 g/mol. The van der Waals surface area contributed by atoms with E-state index >= 15 is 0 Å². The van der Waals surface area contributed by atoms with Crippen LogP contribution in [0.1, 0.15) is 0 Å². The molecule has 0 saturated carbocycles. The molecule has 2 heterocycles. The van der Waals surface area contributed by atoms with Crippen molar-refractivity contribution in [2.24, 2.45) is 0 Å². The number of fused-ring (bicyclic) bond motifs is 6. The van der Waals surface area contributed by atoms with E-state index in [1.165, 1.54) is 99.2 Å². The van der Waals surface area contributed by atoms with Crippen molar-refractivity contribution in [3.05, 3.63) is 243 Å². The molecular formula is C60H40N2. The number of nitrogens with zero attached hydrogens (tertiary/aromatic N) is 2. The van der Waals surface area contributed by atoms with Crippen LogP contribution >= 0.6 is 0 Å². The molecule has 0 aliphatic carbocycles. The highest BCUT2D eigenvalue weighted by Crippen LogP contribution is 2.42.